The SMILES string of the molecule is CC(C)CC(=O)N1CCc2ccc(OCC(=O)Nc3ccc(F)cc3)cc2[C@@H]1c1cccc(F)c1. The van der Waals surface area contributed by atoms with Crippen molar-refractivity contribution in [2.45, 2.75) is 32.7 Å². The molecule has 3 aromatic rings. The molecule has 7 heteroatoms. The fraction of sp³-hybridized carbons (Fsp3) is 0.286. The topological polar surface area (TPSA) is 58.6 Å². The first-order valence-electron chi connectivity index (χ1n) is 11.7. The van der Waals surface area contributed by atoms with Gasteiger partial charge in [0.05, 0.1) is 6.04 Å². The Kier molecular flexibility index (Phi) is 7.44. The van der Waals surface area contributed by atoms with Crippen LogP contribution in [-0.4, -0.2) is 29.9 Å². The van der Waals surface area contributed by atoms with Gasteiger partial charge in [-0.15, -0.1) is 0 Å². The molecule has 1 N–H and O–H groups in total. The van der Waals surface area contributed by atoms with Crippen LogP contribution < -0.4 is 10.1 Å². The Bertz CT molecular complexity index is 1210. The van der Waals surface area contributed by atoms with Crippen LogP contribution in [0.4, 0.5) is 14.5 Å². The largest absolute Gasteiger partial charge is 0.484 e. The first kappa shape index (κ1) is 24.4. The molecule has 1 atom stereocenters. The van der Waals surface area contributed by atoms with Gasteiger partial charge in [0.1, 0.15) is 17.4 Å². The summed E-state index contributed by atoms with van der Waals surface area (Å²) >= 11 is 0. The van der Waals surface area contributed by atoms with E-state index in [0.717, 1.165) is 11.1 Å². The number of nitrogens with one attached hydrogen (secondary N) is 1. The highest BCUT2D eigenvalue weighted by molar-refractivity contribution is 5.91. The average Bonchev–Trinajstić information content (AvgIpc) is 2.83. The molecule has 0 spiro atoms. The van der Waals surface area contributed by atoms with E-state index in [4.69, 9.17) is 4.74 Å². The highest BCUT2D eigenvalue weighted by Gasteiger charge is 2.32. The number of halogens is 2. The molecule has 0 aromatic heterocycles. The number of rotatable bonds is 7. The lowest BCUT2D eigenvalue weighted by Gasteiger charge is -2.38. The van der Waals surface area contributed by atoms with Crippen LogP contribution in [0.1, 0.15) is 43.0 Å². The Balaban J connectivity index is 1.57. The van der Waals surface area contributed by atoms with Crippen molar-refractivity contribution >= 4 is 17.5 Å². The number of amides is 2. The molecule has 0 bridgehead atoms. The van der Waals surface area contributed by atoms with E-state index in [2.05, 4.69) is 5.32 Å². The summed E-state index contributed by atoms with van der Waals surface area (Å²) in [5.74, 6) is -0.448. The Hall–Kier alpha value is -3.74. The van der Waals surface area contributed by atoms with Crippen LogP contribution in [0.5, 0.6) is 5.75 Å². The lowest BCUT2D eigenvalue weighted by Crippen LogP contribution is -2.41. The van der Waals surface area contributed by atoms with E-state index in [1.807, 2.05) is 36.9 Å². The Labute approximate surface area is 203 Å². The van der Waals surface area contributed by atoms with Crippen LogP contribution in [-0.2, 0) is 16.0 Å². The number of anilines is 1. The fourth-order valence-corrected chi connectivity index (χ4v) is 4.33. The molecule has 0 saturated heterocycles. The molecular weight excluding hydrogens is 450 g/mol. The van der Waals surface area contributed by atoms with Gasteiger partial charge in [0.25, 0.3) is 5.91 Å². The zero-order valence-corrected chi connectivity index (χ0v) is 19.8. The molecule has 0 fully saturated rings. The maximum Gasteiger partial charge on any atom is 0.262 e. The summed E-state index contributed by atoms with van der Waals surface area (Å²) in [7, 11) is 0. The summed E-state index contributed by atoms with van der Waals surface area (Å²) < 4.78 is 32.9. The van der Waals surface area contributed by atoms with E-state index in [1.54, 1.807) is 12.1 Å². The van der Waals surface area contributed by atoms with Gasteiger partial charge in [-0.1, -0.05) is 32.0 Å². The van der Waals surface area contributed by atoms with E-state index < -0.39 is 6.04 Å². The number of fused-ring (bicyclic) bond motifs is 1. The van der Waals surface area contributed by atoms with Crippen LogP contribution in [0, 0.1) is 17.6 Å². The van der Waals surface area contributed by atoms with Gasteiger partial charge in [-0.05, 0) is 77.6 Å². The molecule has 0 radical (unpaired) electrons. The van der Waals surface area contributed by atoms with Crippen molar-refractivity contribution in [1.29, 1.82) is 0 Å². The molecule has 2 amide bonds. The third-order valence-electron chi connectivity index (χ3n) is 5.91. The van der Waals surface area contributed by atoms with Crippen LogP contribution >= 0.6 is 0 Å². The number of benzene rings is 3. The van der Waals surface area contributed by atoms with Crippen molar-refractivity contribution in [3.63, 3.8) is 0 Å². The molecule has 1 heterocycles. The predicted octanol–water partition coefficient (Wildman–Crippen LogP) is 5.50. The fourth-order valence-electron chi connectivity index (χ4n) is 4.33. The third kappa shape index (κ3) is 6.04. The molecule has 35 heavy (non-hydrogen) atoms. The van der Waals surface area contributed by atoms with E-state index in [-0.39, 0.29) is 36.0 Å². The van der Waals surface area contributed by atoms with Gasteiger partial charge in [-0.2, -0.15) is 0 Å². The van der Waals surface area contributed by atoms with Gasteiger partial charge in [-0.3, -0.25) is 9.59 Å². The lowest BCUT2D eigenvalue weighted by molar-refractivity contribution is -0.134. The number of ether oxygens (including phenoxy) is 1. The van der Waals surface area contributed by atoms with E-state index >= 15 is 0 Å². The van der Waals surface area contributed by atoms with Gasteiger partial charge in [-0.25, -0.2) is 8.78 Å². The molecule has 0 saturated carbocycles. The summed E-state index contributed by atoms with van der Waals surface area (Å²) in [5.41, 5.74) is 3.07. The van der Waals surface area contributed by atoms with Crippen LogP contribution in [0.25, 0.3) is 0 Å². The number of carbonyl (C=O) groups is 2. The van der Waals surface area contributed by atoms with Gasteiger partial charge in [0, 0.05) is 18.7 Å². The first-order valence-corrected chi connectivity index (χ1v) is 11.7. The van der Waals surface area contributed by atoms with E-state index in [1.165, 1.54) is 36.4 Å². The van der Waals surface area contributed by atoms with Crippen molar-refractivity contribution < 1.29 is 23.1 Å². The Morgan fingerprint density at radius 1 is 1.03 bits per heavy atom. The summed E-state index contributed by atoms with van der Waals surface area (Å²) in [5, 5.41) is 2.66. The zero-order valence-electron chi connectivity index (χ0n) is 19.8. The molecular formula is C28H28F2N2O3. The molecule has 1 aliphatic heterocycles. The van der Waals surface area contributed by atoms with Crippen molar-refractivity contribution in [1.82, 2.24) is 4.90 Å². The third-order valence-corrected chi connectivity index (χ3v) is 5.91. The first-order chi connectivity index (χ1) is 16.8. The van der Waals surface area contributed by atoms with Gasteiger partial charge >= 0.3 is 0 Å². The summed E-state index contributed by atoms with van der Waals surface area (Å²) in [4.78, 5) is 27.2. The predicted molar refractivity (Wildman–Crippen MR) is 130 cm³/mol. The van der Waals surface area contributed by atoms with Crippen molar-refractivity contribution in [3.8, 4) is 5.75 Å². The average molecular weight is 479 g/mol. The molecule has 0 aliphatic carbocycles. The van der Waals surface area contributed by atoms with Crippen LogP contribution in [0.2, 0.25) is 0 Å². The lowest BCUT2D eigenvalue weighted by atomic mass is 9.87. The van der Waals surface area contributed by atoms with Crippen molar-refractivity contribution in [2.75, 3.05) is 18.5 Å². The monoisotopic (exact) mass is 478 g/mol. The second-order valence-electron chi connectivity index (χ2n) is 9.10. The molecule has 5 nitrogen and oxygen atoms in total. The van der Waals surface area contributed by atoms with Crippen molar-refractivity contribution in [2.24, 2.45) is 5.92 Å². The minimum absolute atomic E-state index is 0.0184. The summed E-state index contributed by atoms with van der Waals surface area (Å²) in [6.07, 6.45) is 1.08. The zero-order chi connectivity index (χ0) is 24.9. The minimum atomic E-state index is -0.447. The van der Waals surface area contributed by atoms with Gasteiger partial charge in [0.15, 0.2) is 6.61 Å². The number of hydrogen-bond acceptors (Lipinski definition) is 3. The summed E-state index contributed by atoms with van der Waals surface area (Å²) in [6, 6.07) is 16.9. The molecule has 0 unspecified atom stereocenters. The minimum Gasteiger partial charge on any atom is -0.484 e. The molecule has 182 valence electrons. The molecule has 4 rings (SSSR count). The molecule has 3 aromatic carbocycles. The standard InChI is InChI=1S/C28H28F2N2O3/c1-18(2)14-27(34)32-13-12-19-6-11-24(16-25(19)28(32)20-4-3-5-22(30)15-20)35-17-26(33)31-23-9-7-21(29)8-10-23/h3-11,15-16,18,28H,12-14,17H2,1-2H3,(H,31,33)/t28-/m0/s1. The second kappa shape index (κ2) is 10.7. The Morgan fingerprint density at radius 3 is 2.51 bits per heavy atom. The Morgan fingerprint density at radius 2 is 1.80 bits per heavy atom. The number of carbonyl (C=O) groups excluding carboxylic acids is 2. The van der Waals surface area contributed by atoms with E-state index in [0.29, 0.717) is 36.4 Å². The van der Waals surface area contributed by atoms with Crippen LogP contribution in [0.15, 0.2) is 66.7 Å². The number of hydrogen-bond donors (Lipinski definition) is 1. The number of nitrogens with zero attached hydrogens (tertiary/aromatic N) is 1. The highest BCUT2D eigenvalue weighted by Crippen LogP contribution is 2.38. The quantitative estimate of drug-likeness (QED) is 0.488. The maximum absolute atomic E-state index is 14.1. The summed E-state index contributed by atoms with van der Waals surface area (Å²) in [6.45, 7) is 4.29. The smallest absolute Gasteiger partial charge is 0.262 e. The second-order valence-corrected chi connectivity index (χ2v) is 9.10. The van der Waals surface area contributed by atoms with E-state index in [9.17, 15) is 18.4 Å². The molecule has 1 aliphatic rings. The van der Waals surface area contributed by atoms with Gasteiger partial charge < -0.3 is 15.0 Å². The normalized spacial score (nSPS) is 15.0. The van der Waals surface area contributed by atoms with Crippen molar-refractivity contribution in [3.05, 3.63) is 95.1 Å². The van der Waals surface area contributed by atoms with Crippen LogP contribution in [0.3, 0.4) is 0 Å². The van der Waals surface area contributed by atoms with Gasteiger partial charge in [0.2, 0.25) is 5.91 Å². The highest BCUT2D eigenvalue weighted by atomic mass is 19.1. The maximum atomic E-state index is 14.1.